The van der Waals surface area contributed by atoms with Gasteiger partial charge in [-0.25, -0.2) is 0 Å². The molecule has 1 saturated heterocycles. The van der Waals surface area contributed by atoms with E-state index in [4.69, 9.17) is 9.16 Å². The van der Waals surface area contributed by atoms with E-state index in [0.29, 0.717) is 0 Å². The highest BCUT2D eigenvalue weighted by Crippen LogP contribution is 2.43. The lowest BCUT2D eigenvalue weighted by Crippen LogP contribution is -2.68. The number of hydrogen-bond donors (Lipinski definition) is 0. The Hall–Kier alpha value is -1.63. The maximum atomic E-state index is 13.8. The van der Waals surface area contributed by atoms with Gasteiger partial charge >= 0.3 is 6.18 Å². The second-order valence-corrected chi connectivity index (χ2v) is 12.7. The molecule has 0 spiro atoms. The van der Waals surface area contributed by atoms with Crippen molar-refractivity contribution < 1.29 is 22.3 Å². The van der Waals surface area contributed by atoms with E-state index in [1.165, 1.54) is 0 Å². The molecule has 1 aliphatic heterocycles. The number of hydrogen-bond acceptors (Lipinski definition) is 2. The maximum absolute atomic E-state index is 13.8. The van der Waals surface area contributed by atoms with Gasteiger partial charge in [0.05, 0.1) is 18.8 Å². The quantitative estimate of drug-likeness (QED) is 0.518. The SMILES string of the molecule is CC(O[Si](c1ccccc1)(c1ccccc1)C(C)(C)C)C(C1CO1)C(F)(F)F. The fourth-order valence-electron chi connectivity index (χ4n) is 4.09. The van der Waals surface area contributed by atoms with E-state index in [2.05, 4.69) is 20.8 Å². The number of benzene rings is 2. The Kier molecular flexibility index (Phi) is 5.76. The van der Waals surface area contributed by atoms with Gasteiger partial charge in [-0.15, -0.1) is 0 Å². The average molecular weight is 409 g/mol. The highest BCUT2D eigenvalue weighted by atomic mass is 28.4. The summed E-state index contributed by atoms with van der Waals surface area (Å²) in [7, 11) is -3.03. The predicted molar refractivity (Wildman–Crippen MR) is 107 cm³/mol. The molecule has 3 rings (SSSR count). The van der Waals surface area contributed by atoms with Crippen LogP contribution in [0.4, 0.5) is 13.2 Å². The van der Waals surface area contributed by atoms with Gasteiger partial charge in [0.15, 0.2) is 0 Å². The zero-order valence-electron chi connectivity index (χ0n) is 16.7. The minimum Gasteiger partial charge on any atom is -0.404 e. The van der Waals surface area contributed by atoms with Gasteiger partial charge in [-0.3, -0.25) is 0 Å². The lowest BCUT2D eigenvalue weighted by Gasteiger charge is -2.45. The van der Waals surface area contributed by atoms with Gasteiger partial charge in [-0.05, 0) is 22.3 Å². The largest absolute Gasteiger partial charge is 0.404 e. The summed E-state index contributed by atoms with van der Waals surface area (Å²) in [4.78, 5) is 0. The highest BCUT2D eigenvalue weighted by Gasteiger charge is 2.58. The molecule has 2 aromatic carbocycles. The monoisotopic (exact) mass is 408 g/mol. The molecule has 0 bridgehead atoms. The van der Waals surface area contributed by atoms with Crippen LogP contribution in [0, 0.1) is 5.92 Å². The van der Waals surface area contributed by atoms with E-state index in [0.717, 1.165) is 10.4 Å². The number of alkyl halides is 3. The number of halogens is 3. The Bertz CT molecular complexity index is 728. The van der Waals surface area contributed by atoms with E-state index in [-0.39, 0.29) is 11.6 Å². The first-order valence-electron chi connectivity index (χ1n) is 9.54. The fraction of sp³-hybridized carbons (Fsp3) is 0.455. The molecule has 28 heavy (non-hydrogen) atoms. The van der Waals surface area contributed by atoms with Gasteiger partial charge in [0, 0.05) is 0 Å². The van der Waals surface area contributed by atoms with Crippen molar-refractivity contribution in [1.82, 2.24) is 0 Å². The highest BCUT2D eigenvalue weighted by molar-refractivity contribution is 6.99. The van der Waals surface area contributed by atoms with Gasteiger partial charge in [-0.2, -0.15) is 13.2 Å². The third-order valence-electron chi connectivity index (χ3n) is 5.42. The molecule has 3 atom stereocenters. The normalized spacial score (nSPS) is 19.9. The third kappa shape index (κ3) is 4.04. The Morgan fingerprint density at radius 2 is 1.36 bits per heavy atom. The lowest BCUT2D eigenvalue weighted by atomic mass is 10.00. The summed E-state index contributed by atoms with van der Waals surface area (Å²) in [5, 5.41) is 1.57. The minimum atomic E-state index is -4.37. The van der Waals surface area contributed by atoms with Crippen molar-refractivity contribution in [2.75, 3.05) is 6.61 Å². The van der Waals surface area contributed by atoms with Crippen molar-refractivity contribution >= 4 is 18.7 Å². The molecule has 0 saturated carbocycles. The summed E-state index contributed by atoms with van der Waals surface area (Å²) in [6, 6.07) is 19.4. The number of ether oxygens (including phenoxy) is 1. The smallest absolute Gasteiger partial charge is 0.396 e. The zero-order chi connectivity index (χ0) is 20.6. The molecule has 2 nitrogen and oxygen atoms in total. The van der Waals surface area contributed by atoms with Crippen LogP contribution < -0.4 is 10.4 Å². The molecule has 0 aromatic heterocycles. The van der Waals surface area contributed by atoms with Crippen molar-refractivity contribution in [2.24, 2.45) is 5.92 Å². The van der Waals surface area contributed by atoms with Crippen molar-refractivity contribution in [1.29, 1.82) is 0 Å². The minimum absolute atomic E-state index is 0.138. The van der Waals surface area contributed by atoms with Gasteiger partial charge in [0.1, 0.15) is 5.92 Å². The second-order valence-electron chi connectivity index (χ2n) is 8.43. The Morgan fingerprint density at radius 1 is 0.929 bits per heavy atom. The maximum Gasteiger partial charge on any atom is 0.396 e. The van der Waals surface area contributed by atoms with Gasteiger partial charge in [0.2, 0.25) is 0 Å². The fourth-order valence-corrected chi connectivity index (χ4v) is 8.80. The van der Waals surface area contributed by atoms with Gasteiger partial charge in [0.25, 0.3) is 8.32 Å². The summed E-state index contributed by atoms with van der Waals surface area (Å²) in [5.74, 6) is -1.63. The van der Waals surface area contributed by atoms with E-state index in [9.17, 15) is 13.2 Å². The molecule has 0 N–H and O–H groups in total. The van der Waals surface area contributed by atoms with Crippen LogP contribution in [0.2, 0.25) is 5.04 Å². The molecule has 1 fully saturated rings. The first-order valence-corrected chi connectivity index (χ1v) is 11.5. The molecular weight excluding hydrogens is 381 g/mol. The average Bonchev–Trinajstić information content (AvgIpc) is 3.43. The van der Waals surface area contributed by atoms with Crippen LogP contribution in [0.1, 0.15) is 27.7 Å². The topological polar surface area (TPSA) is 21.8 Å². The molecule has 2 aromatic rings. The van der Waals surface area contributed by atoms with Crippen LogP contribution in [0.3, 0.4) is 0 Å². The molecule has 1 aliphatic rings. The van der Waals surface area contributed by atoms with Crippen molar-refractivity contribution in [3.8, 4) is 0 Å². The summed E-state index contributed by atoms with van der Waals surface area (Å²) >= 11 is 0. The van der Waals surface area contributed by atoms with Crippen molar-refractivity contribution in [3.63, 3.8) is 0 Å². The second kappa shape index (κ2) is 7.65. The summed E-state index contributed by atoms with van der Waals surface area (Å²) in [6.45, 7) is 7.85. The van der Waals surface area contributed by atoms with E-state index < -0.39 is 32.6 Å². The van der Waals surface area contributed by atoms with Crippen LogP contribution in [0.25, 0.3) is 0 Å². The van der Waals surface area contributed by atoms with Crippen molar-refractivity contribution in [2.45, 2.75) is 51.1 Å². The van der Waals surface area contributed by atoms with Crippen molar-refractivity contribution in [3.05, 3.63) is 60.7 Å². The molecule has 0 aliphatic carbocycles. The van der Waals surface area contributed by atoms with Crippen LogP contribution in [0.5, 0.6) is 0 Å². The Labute approximate surface area is 165 Å². The first-order chi connectivity index (χ1) is 13.1. The molecule has 0 amide bonds. The molecule has 1 heterocycles. The van der Waals surface area contributed by atoms with Crippen LogP contribution in [-0.4, -0.2) is 33.3 Å². The van der Waals surface area contributed by atoms with E-state index in [1.807, 2.05) is 60.7 Å². The third-order valence-corrected chi connectivity index (χ3v) is 10.6. The molecule has 3 unspecified atom stereocenters. The molecule has 6 heteroatoms. The molecule has 0 radical (unpaired) electrons. The van der Waals surface area contributed by atoms with Crippen LogP contribution in [0.15, 0.2) is 60.7 Å². The van der Waals surface area contributed by atoms with Crippen LogP contribution >= 0.6 is 0 Å². The summed E-state index contributed by atoms with van der Waals surface area (Å²) < 4.78 is 53.0. The number of rotatable bonds is 6. The Morgan fingerprint density at radius 3 is 1.68 bits per heavy atom. The summed E-state index contributed by atoms with van der Waals surface area (Å²) in [5.41, 5.74) is 0. The zero-order valence-corrected chi connectivity index (χ0v) is 17.7. The Balaban J connectivity index is 2.13. The first kappa shape index (κ1) is 21.1. The predicted octanol–water partition coefficient (Wildman–Crippen LogP) is 4.53. The van der Waals surface area contributed by atoms with E-state index >= 15 is 0 Å². The molecular formula is C22H27F3O2Si. The standard InChI is InChI=1S/C22H27F3O2Si/c1-16(20(19-15-26-19)22(23,24)25)27-28(21(2,3)4,17-11-7-5-8-12-17)18-13-9-6-10-14-18/h5-14,16,19-20H,15H2,1-4H3. The summed E-state index contributed by atoms with van der Waals surface area (Å²) in [6.07, 6.45) is -6.20. The lowest BCUT2D eigenvalue weighted by molar-refractivity contribution is -0.200. The number of epoxide rings is 1. The van der Waals surface area contributed by atoms with E-state index in [1.54, 1.807) is 6.92 Å². The van der Waals surface area contributed by atoms with Gasteiger partial charge in [-0.1, -0.05) is 81.4 Å². The van der Waals surface area contributed by atoms with Crippen LogP contribution in [-0.2, 0) is 9.16 Å². The molecule has 152 valence electrons. The van der Waals surface area contributed by atoms with Gasteiger partial charge < -0.3 is 9.16 Å².